The average molecular weight is 295 g/mol. The molecule has 0 amide bonds. The zero-order valence-corrected chi connectivity index (χ0v) is 12.6. The molecule has 1 N–H and O–H groups in total. The fourth-order valence-electron chi connectivity index (χ4n) is 3.23. The van der Waals surface area contributed by atoms with Gasteiger partial charge < -0.3 is 9.90 Å². The van der Waals surface area contributed by atoms with Gasteiger partial charge in [0.15, 0.2) is 0 Å². The molecule has 1 aliphatic heterocycles. The van der Waals surface area contributed by atoms with Crippen molar-refractivity contribution in [3.8, 4) is 0 Å². The summed E-state index contributed by atoms with van der Waals surface area (Å²) in [4.78, 5) is 13.7. The van der Waals surface area contributed by atoms with Crippen molar-refractivity contribution >= 4 is 6.29 Å². The van der Waals surface area contributed by atoms with E-state index in [1.54, 1.807) is 0 Å². The van der Waals surface area contributed by atoms with Crippen LogP contribution in [0.4, 0.5) is 0 Å². The molecule has 3 nitrogen and oxygen atoms in total. The van der Waals surface area contributed by atoms with Crippen LogP contribution in [-0.2, 0) is 10.4 Å². The second kappa shape index (κ2) is 6.42. The summed E-state index contributed by atoms with van der Waals surface area (Å²) in [6.07, 6.45) is 2.30. The third-order valence-corrected chi connectivity index (χ3v) is 4.60. The first-order valence-corrected chi connectivity index (χ1v) is 7.75. The van der Waals surface area contributed by atoms with E-state index in [1.165, 1.54) is 0 Å². The first kappa shape index (κ1) is 14.9. The van der Waals surface area contributed by atoms with E-state index in [1.807, 2.05) is 60.7 Å². The standard InChI is InChI=1S/C19H21NO2/c21-15-18(16-7-3-1-4-8-16)20-13-11-19(22,12-14-20)17-9-5-2-6-10-17/h1-10,15,18,22H,11-14H2. The Bertz CT molecular complexity index is 604. The van der Waals surface area contributed by atoms with Gasteiger partial charge >= 0.3 is 0 Å². The van der Waals surface area contributed by atoms with Crippen LogP contribution in [0.25, 0.3) is 0 Å². The van der Waals surface area contributed by atoms with Crippen LogP contribution in [0, 0.1) is 0 Å². The lowest BCUT2D eigenvalue weighted by Crippen LogP contribution is -2.44. The fourth-order valence-corrected chi connectivity index (χ4v) is 3.23. The number of piperidine rings is 1. The molecule has 3 heteroatoms. The highest BCUT2D eigenvalue weighted by Crippen LogP contribution is 2.35. The number of hydrogen-bond acceptors (Lipinski definition) is 3. The molecule has 2 aromatic rings. The van der Waals surface area contributed by atoms with E-state index in [-0.39, 0.29) is 6.04 Å². The normalized spacial score (nSPS) is 19.5. The summed E-state index contributed by atoms with van der Waals surface area (Å²) in [7, 11) is 0. The maximum Gasteiger partial charge on any atom is 0.141 e. The molecule has 2 aromatic carbocycles. The smallest absolute Gasteiger partial charge is 0.141 e. The van der Waals surface area contributed by atoms with Gasteiger partial charge in [-0.1, -0.05) is 60.7 Å². The van der Waals surface area contributed by atoms with Gasteiger partial charge in [0.1, 0.15) is 6.29 Å². The number of benzene rings is 2. The van der Waals surface area contributed by atoms with Crippen molar-refractivity contribution in [2.75, 3.05) is 13.1 Å². The van der Waals surface area contributed by atoms with Gasteiger partial charge in [-0.25, -0.2) is 0 Å². The predicted octanol–water partition coefficient (Wildman–Crippen LogP) is 2.91. The Morgan fingerprint density at radius 3 is 2.05 bits per heavy atom. The molecule has 3 rings (SSSR count). The van der Waals surface area contributed by atoms with Crippen LogP contribution in [0.1, 0.15) is 30.0 Å². The number of carbonyl (C=O) groups excluding carboxylic acids is 1. The summed E-state index contributed by atoms with van der Waals surface area (Å²) < 4.78 is 0. The van der Waals surface area contributed by atoms with E-state index >= 15 is 0 Å². The summed E-state index contributed by atoms with van der Waals surface area (Å²) in [6.45, 7) is 1.42. The maximum absolute atomic E-state index is 11.5. The quantitative estimate of drug-likeness (QED) is 0.882. The average Bonchev–Trinajstić information content (AvgIpc) is 2.59. The molecule has 1 fully saturated rings. The van der Waals surface area contributed by atoms with Gasteiger partial charge in [0, 0.05) is 13.1 Å². The Balaban J connectivity index is 1.72. The largest absolute Gasteiger partial charge is 0.385 e. The molecule has 0 bridgehead atoms. The highest BCUT2D eigenvalue weighted by Gasteiger charge is 2.36. The summed E-state index contributed by atoms with van der Waals surface area (Å²) in [5.41, 5.74) is 1.21. The number of aliphatic hydroxyl groups is 1. The van der Waals surface area contributed by atoms with E-state index in [2.05, 4.69) is 4.90 Å². The number of likely N-dealkylation sites (tertiary alicyclic amines) is 1. The summed E-state index contributed by atoms with van der Waals surface area (Å²) in [5, 5.41) is 10.9. The van der Waals surface area contributed by atoms with Gasteiger partial charge in [-0.15, -0.1) is 0 Å². The van der Waals surface area contributed by atoms with E-state index in [9.17, 15) is 9.90 Å². The Morgan fingerprint density at radius 1 is 0.955 bits per heavy atom. The van der Waals surface area contributed by atoms with Crippen molar-refractivity contribution in [1.29, 1.82) is 0 Å². The van der Waals surface area contributed by atoms with Crippen LogP contribution >= 0.6 is 0 Å². The van der Waals surface area contributed by atoms with Crippen molar-refractivity contribution in [3.63, 3.8) is 0 Å². The molecule has 0 aliphatic carbocycles. The van der Waals surface area contributed by atoms with Crippen LogP contribution in [0.15, 0.2) is 60.7 Å². The monoisotopic (exact) mass is 295 g/mol. The third kappa shape index (κ3) is 2.96. The van der Waals surface area contributed by atoms with Crippen LogP contribution in [0.5, 0.6) is 0 Å². The highest BCUT2D eigenvalue weighted by atomic mass is 16.3. The topological polar surface area (TPSA) is 40.5 Å². The number of rotatable bonds is 4. The molecular weight excluding hydrogens is 274 g/mol. The first-order valence-electron chi connectivity index (χ1n) is 7.75. The third-order valence-electron chi connectivity index (χ3n) is 4.60. The zero-order valence-electron chi connectivity index (χ0n) is 12.6. The second-order valence-corrected chi connectivity index (χ2v) is 5.93. The lowest BCUT2D eigenvalue weighted by molar-refractivity contribution is -0.115. The maximum atomic E-state index is 11.5. The molecule has 0 radical (unpaired) electrons. The molecular formula is C19H21NO2. The summed E-state index contributed by atoms with van der Waals surface area (Å²) >= 11 is 0. The second-order valence-electron chi connectivity index (χ2n) is 5.93. The van der Waals surface area contributed by atoms with Gasteiger partial charge in [0.25, 0.3) is 0 Å². The molecule has 0 spiro atoms. The van der Waals surface area contributed by atoms with Gasteiger partial charge in [0.2, 0.25) is 0 Å². The number of hydrogen-bond donors (Lipinski definition) is 1. The molecule has 1 heterocycles. The number of aldehydes is 1. The van der Waals surface area contributed by atoms with Crippen LogP contribution < -0.4 is 0 Å². The molecule has 0 saturated carbocycles. The Hall–Kier alpha value is -1.97. The molecule has 1 atom stereocenters. The lowest BCUT2D eigenvalue weighted by atomic mass is 9.84. The minimum absolute atomic E-state index is 0.221. The van der Waals surface area contributed by atoms with Crippen LogP contribution in [0.2, 0.25) is 0 Å². The summed E-state index contributed by atoms with van der Waals surface area (Å²) in [6, 6.07) is 19.4. The Labute approximate surface area is 131 Å². The van der Waals surface area contributed by atoms with E-state index in [4.69, 9.17) is 0 Å². The number of carbonyl (C=O) groups is 1. The van der Waals surface area contributed by atoms with Crippen molar-refractivity contribution in [3.05, 3.63) is 71.8 Å². The molecule has 1 aliphatic rings. The van der Waals surface area contributed by atoms with Gasteiger partial charge in [-0.2, -0.15) is 0 Å². The Morgan fingerprint density at radius 2 is 1.50 bits per heavy atom. The molecule has 1 saturated heterocycles. The minimum Gasteiger partial charge on any atom is -0.385 e. The predicted molar refractivity (Wildman–Crippen MR) is 86.4 cm³/mol. The number of nitrogens with zero attached hydrogens (tertiary/aromatic N) is 1. The minimum atomic E-state index is -0.776. The first-order chi connectivity index (χ1) is 10.7. The van der Waals surface area contributed by atoms with E-state index in [0.717, 1.165) is 17.4 Å². The molecule has 114 valence electrons. The van der Waals surface area contributed by atoms with E-state index < -0.39 is 5.60 Å². The molecule has 1 unspecified atom stereocenters. The molecule has 22 heavy (non-hydrogen) atoms. The van der Waals surface area contributed by atoms with Gasteiger partial charge in [0.05, 0.1) is 11.6 Å². The lowest BCUT2D eigenvalue weighted by Gasteiger charge is -2.40. The van der Waals surface area contributed by atoms with E-state index in [0.29, 0.717) is 25.9 Å². The van der Waals surface area contributed by atoms with Crippen molar-refractivity contribution in [1.82, 2.24) is 4.90 Å². The van der Waals surface area contributed by atoms with Crippen LogP contribution in [0.3, 0.4) is 0 Å². The van der Waals surface area contributed by atoms with Crippen molar-refractivity contribution in [2.24, 2.45) is 0 Å². The van der Waals surface area contributed by atoms with Crippen molar-refractivity contribution in [2.45, 2.75) is 24.5 Å². The Kier molecular flexibility index (Phi) is 4.36. The SMILES string of the molecule is O=CC(c1ccccc1)N1CCC(O)(c2ccccc2)CC1. The molecule has 0 aromatic heterocycles. The van der Waals surface area contributed by atoms with Crippen molar-refractivity contribution < 1.29 is 9.90 Å². The van der Waals surface area contributed by atoms with Gasteiger partial charge in [-0.05, 0) is 24.0 Å². The zero-order chi connectivity index (χ0) is 15.4. The fraction of sp³-hybridized carbons (Fsp3) is 0.316. The van der Waals surface area contributed by atoms with Gasteiger partial charge in [-0.3, -0.25) is 4.90 Å². The van der Waals surface area contributed by atoms with Crippen LogP contribution in [-0.4, -0.2) is 29.4 Å². The summed E-state index contributed by atoms with van der Waals surface area (Å²) in [5.74, 6) is 0. The highest BCUT2D eigenvalue weighted by molar-refractivity contribution is 5.61.